The quantitative estimate of drug-likeness (QED) is 0.787. The van der Waals surface area contributed by atoms with E-state index in [2.05, 4.69) is 5.32 Å². The van der Waals surface area contributed by atoms with Crippen molar-refractivity contribution in [3.8, 4) is 0 Å². The van der Waals surface area contributed by atoms with Crippen LogP contribution in [-0.4, -0.2) is 29.1 Å². The zero-order valence-electron chi connectivity index (χ0n) is 11.9. The van der Waals surface area contributed by atoms with Gasteiger partial charge in [-0.3, -0.25) is 4.79 Å². The lowest BCUT2D eigenvalue weighted by Gasteiger charge is -2.27. The summed E-state index contributed by atoms with van der Waals surface area (Å²) in [5.41, 5.74) is 2.57. The predicted molar refractivity (Wildman–Crippen MR) is 74.0 cm³/mol. The molecule has 1 unspecified atom stereocenters. The summed E-state index contributed by atoms with van der Waals surface area (Å²) in [6, 6.07) is 5.43. The molecule has 1 aromatic rings. The van der Waals surface area contributed by atoms with Gasteiger partial charge in [-0.15, -0.1) is 0 Å². The molecule has 0 saturated carbocycles. The molecule has 1 aromatic carbocycles. The van der Waals surface area contributed by atoms with Crippen LogP contribution in [0.25, 0.3) is 0 Å². The minimum absolute atomic E-state index is 0.00243. The van der Waals surface area contributed by atoms with E-state index in [1.165, 1.54) is 5.56 Å². The largest absolute Gasteiger partial charge is 0.394 e. The van der Waals surface area contributed by atoms with Gasteiger partial charge in [-0.2, -0.15) is 0 Å². The molecule has 0 bridgehead atoms. The van der Waals surface area contributed by atoms with Crippen LogP contribution in [-0.2, 0) is 0 Å². The van der Waals surface area contributed by atoms with Gasteiger partial charge in [-0.25, -0.2) is 0 Å². The molecule has 18 heavy (non-hydrogen) atoms. The van der Waals surface area contributed by atoms with E-state index in [1.807, 2.05) is 52.8 Å². The van der Waals surface area contributed by atoms with Crippen LogP contribution in [0.4, 0.5) is 0 Å². The zero-order chi connectivity index (χ0) is 13.9. The Morgan fingerprint density at radius 3 is 2.44 bits per heavy atom. The molecule has 0 aliphatic rings. The number of aryl methyl sites for hydroxylation is 2. The first-order valence-electron chi connectivity index (χ1n) is 6.27. The number of rotatable bonds is 5. The van der Waals surface area contributed by atoms with Gasteiger partial charge < -0.3 is 10.4 Å². The molecule has 0 fully saturated rings. The second-order valence-electron chi connectivity index (χ2n) is 5.57. The SMILES string of the molecule is Cc1ccc(C(=O)C(C)NC(C)(C)CO)cc1C. The van der Waals surface area contributed by atoms with Gasteiger partial charge in [0.25, 0.3) is 0 Å². The highest BCUT2D eigenvalue weighted by molar-refractivity contribution is 6.00. The molecule has 0 aromatic heterocycles. The van der Waals surface area contributed by atoms with Crippen LogP contribution >= 0.6 is 0 Å². The molecule has 0 aliphatic carbocycles. The second-order valence-corrected chi connectivity index (χ2v) is 5.57. The van der Waals surface area contributed by atoms with Crippen molar-refractivity contribution in [2.75, 3.05) is 6.61 Å². The fraction of sp³-hybridized carbons (Fsp3) is 0.533. The van der Waals surface area contributed by atoms with Crippen LogP contribution in [0.5, 0.6) is 0 Å². The highest BCUT2D eigenvalue weighted by atomic mass is 16.3. The molecule has 0 amide bonds. The van der Waals surface area contributed by atoms with Crippen LogP contribution in [0.3, 0.4) is 0 Å². The summed E-state index contributed by atoms with van der Waals surface area (Å²) >= 11 is 0. The molecule has 0 saturated heterocycles. The lowest BCUT2D eigenvalue weighted by Crippen LogP contribution is -2.50. The number of benzene rings is 1. The zero-order valence-corrected chi connectivity index (χ0v) is 11.9. The van der Waals surface area contributed by atoms with Gasteiger partial charge in [0.15, 0.2) is 5.78 Å². The lowest BCUT2D eigenvalue weighted by molar-refractivity contribution is 0.0911. The van der Waals surface area contributed by atoms with Crippen LogP contribution in [0, 0.1) is 13.8 Å². The first-order chi connectivity index (χ1) is 8.26. The van der Waals surface area contributed by atoms with Crippen LogP contribution in [0.15, 0.2) is 18.2 Å². The average molecular weight is 249 g/mol. The molecule has 3 nitrogen and oxygen atoms in total. The van der Waals surface area contributed by atoms with Crippen molar-refractivity contribution in [1.82, 2.24) is 5.32 Å². The summed E-state index contributed by atoms with van der Waals surface area (Å²) < 4.78 is 0. The van der Waals surface area contributed by atoms with E-state index < -0.39 is 5.54 Å². The maximum absolute atomic E-state index is 12.3. The van der Waals surface area contributed by atoms with Crippen LogP contribution < -0.4 is 5.32 Å². The fourth-order valence-electron chi connectivity index (χ4n) is 1.84. The molecule has 1 rings (SSSR count). The normalized spacial score (nSPS) is 13.4. The molecule has 0 heterocycles. The number of carbonyl (C=O) groups excluding carboxylic acids is 1. The summed E-state index contributed by atoms with van der Waals surface area (Å²) in [7, 11) is 0. The minimum atomic E-state index is -0.450. The van der Waals surface area contributed by atoms with E-state index in [-0.39, 0.29) is 18.4 Å². The van der Waals surface area contributed by atoms with Crippen molar-refractivity contribution in [2.24, 2.45) is 0 Å². The van der Waals surface area contributed by atoms with Crippen molar-refractivity contribution in [3.05, 3.63) is 34.9 Å². The van der Waals surface area contributed by atoms with E-state index in [1.54, 1.807) is 0 Å². The summed E-state index contributed by atoms with van der Waals surface area (Å²) in [5, 5.41) is 12.3. The smallest absolute Gasteiger partial charge is 0.179 e. The van der Waals surface area contributed by atoms with Gasteiger partial charge in [0, 0.05) is 11.1 Å². The standard InChI is InChI=1S/C15H23NO2/c1-10-6-7-13(8-11(10)2)14(18)12(3)16-15(4,5)9-17/h6-8,12,16-17H,9H2,1-5H3. The number of aliphatic hydroxyl groups is 1. The number of carbonyl (C=O) groups is 1. The molecule has 3 heteroatoms. The number of ketones is 1. The maximum atomic E-state index is 12.3. The van der Waals surface area contributed by atoms with E-state index in [4.69, 9.17) is 0 Å². The third-order valence-electron chi connectivity index (χ3n) is 3.19. The Morgan fingerprint density at radius 1 is 1.33 bits per heavy atom. The maximum Gasteiger partial charge on any atom is 0.179 e. The summed E-state index contributed by atoms with van der Waals surface area (Å²) in [4.78, 5) is 12.3. The van der Waals surface area contributed by atoms with Crippen molar-refractivity contribution >= 4 is 5.78 Å². The first kappa shape index (κ1) is 14.9. The molecular weight excluding hydrogens is 226 g/mol. The van der Waals surface area contributed by atoms with Gasteiger partial charge in [0.05, 0.1) is 12.6 Å². The average Bonchev–Trinajstić information content (AvgIpc) is 2.31. The Morgan fingerprint density at radius 2 is 1.94 bits per heavy atom. The minimum Gasteiger partial charge on any atom is -0.394 e. The third-order valence-corrected chi connectivity index (χ3v) is 3.19. The van der Waals surface area contributed by atoms with Gasteiger partial charge >= 0.3 is 0 Å². The Bertz CT molecular complexity index is 438. The Labute approximate surface area is 109 Å². The van der Waals surface area contributed by atoms with Crippen molar-refractivity contribution in [2.45, 2.75) is 46.2 Å². The topological polar surface area (TPSA) is 49.3 Å². The first-order valence-corrected chi connectivity index (χ1v) is 6.27. The van der Waals surface area contributed by atoms with Crippen molar-refractivity contribution in [1.29, 1.82) is 0 Å². The van der Waals surface area contributed by atoms with Gasteiger partial charge in [0.1, 0.15) is 0 Å². The highest BCUT2D eigenvalue weighted by Gasteiger charge is 2.23. The van der Waals surface area contributed by atoms with E-state index in [9.17, 15) is 9.90 Å². The molecule has 2 N–H and O–H groups in total. The molecule has 1 atom stereocenters. The number of hydrogen-bond acceptors (Lipinski definition) is 3. The number of hydrogen-bond donors (Lipinski definition) is 2. The number of nitrogens with one attached hydrogen (secondary N) is 1. The van der Waals surface area contributed by atoms with E-state index >= 15 is 0 Å². The van der Waals surface area contributed by atoms with Gasteiger partial charge in [-0.1, -0.05) is 12.1 Å². The highest BCUT2D eigenvalue weighted by Crippen LogP contribution is 2.13. The Kier molecular flexibility index (Phi) is 4.65. The van der Waals surface area contributed by atoms with Crippen LogP contribution in [0.2, 0.25) is 0 Å². The second kappa shape index (κ2) is 5.63. The molecule has 0 spiro atoms. The van der Waals surface area contributed by atoms with E-state index in [0.29, 0.717) is 5.56 Å². The Hall–Kier alpha value is -1.19. The van der Waals surface area contributed by atoms with Crippen LogP contribution in [0.1, 0.15) is 42.3 Å². The fourth-order valence-corrected chi connectivity index (χ4v) is 1.84. The third kappa shape index (κ3) is 3.65. The predicted octanol–water partition coefficient (Wildman–Crippen LogP) is 2.24. The molecular formula is C15H23NO2. The lowest BCUT2D eigenvalue weighted by atomic mass is 9.98. The monoisotopic (exact) mass is 249 g/mol. The molecule has 100 valence electrons. The molecule has 0 aliphatic heterocycles. The molecule has 0 radical (unpaired) electrons. The van der Waals surface area contributed by atoms with E-state index in [0.717, 1.165) is 5.56 Å². The summed E-state index contributed by atoms with van der Waals surface area (Å²) in [5.74, 6) is 0.0552. The summed E-state index contributed by atoms with van der Waals surface area (Å²) in [6.45, 7) is 9.60. The van der Waals surface area contributed by atoms with Crippen molar-refractivity contribution < 1.29 is 9.90 Å². The van der Waals surface area contributed by atoms with Gasteiger partial charge in [0.2, 0.25) is 0 Å². The summed E-state index contributed by atoms with van der Waals surface area (Å²) in [6.07, 6.45) is 0. The van der Waals surface area contributed by atoms with Gasteiger partial charge in [-0.05, 0) is 51.8 Å². The number of aliphatic hydroxyl groups excluding tert-OH is 1. The number of Topliss-reactive ketones (excluding diaryl/α,β-unsaturated/α-hetero) is 1. The Balaban J connectivity index is 2.83. The van der Waals surface area contributed by atoms with Crippen molar-refractivity contribution in [3.63, 3.8) is 0 Å².